The van der Waals surface area contributed by atoms with Gasteiger partial charge in [-0.2, -0.15) is 0 Å². The molecule has 3 rings (SSSR count). The first kappa shape index (κ1) is 17.9. The Hall–Kier alpha value is -0.910. The van der Waals surface area contributed by atoms with Gasteiger partial charge in [0, 0.05) is 28.8 Å². The molecule has 0 saturated carbocycles. The third-order valence-electron chi connectivity index (χ3n) is 5.64. The van der Waals surface area contributed by atoms with E-state index in [-0.39, 0.29) is 23.3 Å². The molecule has 1 aromatic heterocycles. The quantitative estimate of drug-likeness (QED) is 0.907. The predicted octanol–water partition coefficient (Wildman–Crippen LogP) is 3.20. The van der Waals surface area contributed by atoms with Gasteiger partial charge in [0.2, 0.25) is 5.91 Å². The zero-order valence-electron chi connectivity index (χ0n) is 15.1. The Morgan fingerprint density at radius 3 is 2.75 bits per heavy atom. The number of hydrogen-bond donors (Lipinski definition) is 1. The molecule has 4 nitrogen and oxygen atoms in total. The van der Waals surface area contributed by atoms with E-state index in [2.05, 4.69) is 29.3 Å². The molecule has 0 radical (unpaired) electrons. The van der Waals surface area contributed by atoms with Crippen LogP contribution in [0.15, 0.2) is 12.1 Å². The molecule has 134 valence electrons. The summed E-state index contributed by atoms with van der Waals surface area (Å²) >= 11 is 1.90. The van der Waals surface area contributed by atoms with Gasteiger partial charge in [0.15, 0.2) is 0 Å². The lowest BCUT2D eigenvalue weighted by molar-refractivity contribution is -0.129. The average Bonchev–Trinajstić information content (AvgIpc) is 2.97. The summed E-state index contributed by atoms with van der Waals surface area (Å²) < 4.78 is 5.69. The molecular weight excluding hydrogens is 320 g/mol. The maximum Gasteiger partial charge on any atom is 0.222 e. The highest BCUT2D eigenvalue weighted by Gasteiger charge is 2.44. The second-order valence-electron chi connectivity index (χ2n) is 7.69. The fourth-order valence-electron chi connectivity index (χ4n) is 3.91. The van der Waals surface area contributed by atoms with Crippen molar-refractivity contribution in [3.05, 3.63) is 21.9 Å². The van der Waals surface area contributed by atoms with Gasteiger partial charge in [0.1, 0.15) is 0 Å². The van der Waals surface area contributed by atoms with Crippen LogP contribution in [0.3, 0.4) is 0 Å². The van der Waals surface area contributed by atoms with Crippen molar-refractivity contribution in [1.82, 2.24) is 10.2 Å². The highest BCUT2D eigenvalue weighted by molar-refractivity contribution is 7.11. The van der Waals surface area contributed by atoms with Crippen LogP contribution in [-0.2, 0) is 16.1 Å². The molecule has 2 aliphatic rings. The summed E-state index contributed by atoms with van der Waals surface area (Å²) in [4.78, 5) is 17.6. The molecule has 0 aromatic carbocycles. The van der Waals surface area contributed by atoms with E-state index in [1.807, 2.05) is 25.2 Å². The third-order valence-corrected chi connectivity index (χ3v) is 6.62. The zero-order chi connectivity index (χ0) is 17.2. The van der Waals surface area contributed by atoms with Crippen LogP contribution in [0.25, 0.3) is 0 Å². The molecule has 1 spiro atoms. The number of likely N-dealkylation sites (tertiary alicyclic amines) is 1. The van der Waals surface area contributed by atoms with Crippen molar-refractivity contribution in [3.63, 3.8) is 0 Å². The van der Waals surface area contributed by atoms with Crippen LogP contribution in [0.2, 0.25) is 0 Å². The second kappa shape index (κ2) is 7.54. The first-order valence-corrected chi connectivity index (χ1v) is 9.96. The molecule has 2 aliphatic heterocycles. The van der Waals surface area contributed by atoms with Crippen LogP contribution >= 0.6 is 11.3 Å². The molecule has 2 fully saturated rings. The zero-order valence-corrected chi connectivity index (χ0v) is 16.0. The second-order valence-corrected chi connectivity index (χ2v) is 9.06. The maximum atomic E-state index is 12.2. The third kappa shape index (κ3) is 4.01. The minimum absolute atomic E-state index is 0.0335. The van der Waals surface area contributed by atoms with Crippen LogP contribution in [0, 0.1) is 18.3 Å². The van der Waals surface area contributed by atoms with Gasteiger partial charge < -0.3 is 10.1 Å². The number of carbonyl (C=O) groups excluding carboxylic acids is 1. The van der Waals surface area contributed by atoms with E-state index in [1.165, 1.54) is 9.75 Å². The minimum Gasteiger partial charge on any atom is -0.379 e. The summed E-state index contributed by atoms with van der Waals surface area (Å²) in [5.41, 5.74) is 0.227. The summed E-state index contributed by atoms with van der Waals surface area (Å²) in [5.74, 6) is 0.187. The van der Waals surface area contributed by atoms with Gasteiger partial charge in [-0.05, 0) is 56.8 Å². The van der Waals surface area contributed by atoms with E-state index in [1.54, 1.807) is 0 Å². The number of nitrogens with one attached hydrogen (secondary N) is 1. The lowest BCUT2D eigenvalue weighted by atomic mass is 9.69. The Balaban J connectivity index is 1.60. The topological polar surface area (TPSA) is 41.6 Å². The number of thiophene rings is 1. The summed E-state index contributed by atoms with van der Waals surface area (Å²) in [6.45, 7) is 10.9. The average molecular weight is 351 g/mol. The molecule has 1 atom stereocenters. The summed E-state index contributed by atoms with van der Waals surface area (Å²) in [5, 5.41) is 3.27. The molecule has 0 aliphatic carbocycles. The van der Waals surface area contributed by atoms with Gasteiger partial charge in [-0.25, -0.2) is 0 Å². The number of amides is 1. The van der Waals surface area contributed by atoms with Crippen LogP contribution in [0.5, 0.6) is 0 Å². The van der Waals surface area contributed by atoms with Crippen LogP contribution in [0.1, 0.15) is 42.9 Å². The molecular formula is C19H30N2O2S. The lowest BCUT2D eigenvalue weighted by Crippen LogP contribution is -2.58. The van der Waals surface area contributed by atoms with Crippen molar-refractivity contribution in [1.29, 1.82) is 0 Å². The van der Waals surface area contributed by atoms with Crippen LogP contribution in [-0.4, -0.2) is 43.2 Å². The van der Waals surface area contributed by atoms with E-state index < -0.39 is 0 Å². The van der Waals surface area contributed by atoms with Crippen molar-refractivity contribution in [2.75, 3.05) is 26.3 Å². The smallest absolute Gasteiger partial charge is 0.222 e. The highest BCUT2D eigenvalue weighted by Crippen LogP contribution is 2.41. The summed E-state index contributed by atoms with van der Waals surface area (Å²) in [7, 11) is 0. The van der Waals surface area contributed by atoms with E-state index in [0.29, 0.717) is 6.61 Å². The Labute approximate surface area is 149 Å². The maximum absolute atomic E-state index is 12.2. The molecule has 1 N–H and O–H groups in total. The van der Waals surface area contributed by atoms with Crippen LogP contribution in [0.4, 0.5) is 0 Å². The molecule has 0 bridgehead atoms. The number of nitrogens with zero attached hydrogens (tertiary/aromatic N) is 1. The van der Waals surface area contributed by atoms with Crippen molar-refractivity contribution in [2.45, 2.75) is 52.6 Å². The highest BCUT2D eigenvalue weighted by atomic mass is 32.1. The summed E-state index contributed by atoms with van der Waals surface area (Å²) in [6, 6.07) is 4.64. The van der Waals surface area contributed by atoms with Crippen molar-refractivity contribution < 1.29 is 9.53 Å². The SMILES string of the molecule is Cc1ccc(CN2CCC3(CCOC[C@H]3NC(=O)C(C)C)CC2)s1. The normalized spacial score (nSPS) is 24.4. The lowest BCUT2D eigenvalue weighted by Gasteiger charge is -2.49. The Kier molecular flexibility index (Phi) is 5.63. The molecule has 1 aromatic rings. The number of hydrogen-bond acceptors (Lipinski definition) is 4. The first-order chi connectivity index (χ1) is 11.5. The molecule has 2 saturated heterocycles. The monoisotopic (exact) mass is 350 g/mol. The molecule has 1 amide bonds. The first-order valence-electron chi connectivity index (χ1n) is 9.14. The number of piperidine rings is 1. The molecule has 0 unspecified atom stereocenters. The van der Waals surface area contributed by atoms with Gasteiger partial charge in [-0.3, -0.25) is 9.69 Å². The standard InChI is InChI=1S/C19H30N2O2S/c1-14(2)18(22)20-17-13-23-11-8-19(17)6-9-21(10-7-19)12-16-5-4-15(3)24-16/h4-5,14,17H,6-13H2,1-3H3,(H,20,22)/t17-/m1/s1. The van der Waals surface area contributed by atoms with Crippen molar-refractivity contribution in [2.24, 2.45) is 11.3 Å². The van der Waals surface area contributed by atoms with E-state index in [0.717, 1.165) is 45.5 Å². The van der Waals surface area contributed by atoms with E-state index in [4.69, 9.17) is 4.74 Å². The van der Waals surface area contributed by atoms with Crippen LogP contribution < -0.4 is 5.32 Å². The molecule has 5 heteroatoms. The van der Waals surface area contributed by atoms with E-state index >= 15 is 0 Å². The van der Waals surface area contributed by atoms with Gasteiger partial charge in [-0.15, -0.1) is 11.3 Å². The number of ether oxygens (including phenoxy) is 1. The fraction of sp³-hybridized carbons (Fsp3) is 0.737. The number of aryl methyl sites for hydroxylation is 1. The minimum atomic E-state index is 0.0335. The number of carbonyl (C=O) groups is 1. The van der Waals surface area contributed by atoms with E-state index in [9.17, 15) is 4.79 Å². The number of rotatable bonds is 4. The Morgan fingerprint density at radius 2 is 2.12 bits per heavy atom. The van der Waals surface area contributed by atoms with Crippen molar-refractivity contribution in [3.8, 4) is 0 Å². The van der Waals surface area contributed by atoms with Gasteiger partial charge in [-0.1, -0.05) is 13.8 Å². The fourth-order valence-corrected chi connectivity index (χ4v) is 4.84. The Morgan fingerprint density at radius 1 is 1.38 bits per heavy atom. The molecule has 24 heavy (non-hydrogen) atoms. The Bertz CT molecular complexity index is 561. The predicted molar refractivity (Wildman–Crippen MR) is 98.2 cm³/mol. The van der Waals surface area contributed by atoms with Gasteiger partial charge in [0.25, 0.3) is 0 Å². The molecule has 3 heterocycles. The summed E-state index contributed by atoms with van der Waals surface area (Å²) in [6.07, 6.45) is 3.38. The van der Waals surface area contributed by atoms with Gasteiger partial charge >= 0.3 is 0 Å². The van der Waals surface area contributed by atoms with Gasteiger partial charge in [0.05, 0.1) is 12.6 Å². The van der Waals surface area contributed by atoms with Crippen molar-refractivity contribution >= 4 is 17.2 Å². The largest absolute Gasteiger partial charge is 0.379 e.